The minimum Gasteiger partial charge on any atom is -0.262 e. The smallest absolute Gasteiger partial charge is 0.262 e. The number of nitro benzene ring substituents is 1. The number of aryl methyl sites for hydroxylation is 1. The molecule has 0 aliphatic heterocycles. The molecule has 1 aromatic carbocycles. The minimum absolute atomic E-state index is 0.0460. The lowest BCUT2D eigenvalue weighted by molar-refractivity contribution is -0.387. The molecule has 18 heavy (non-hydrogen) atoms. The average molecular weight is 285 g/mol. The van der Waals surface area contributed by atoms with Crippen molar-refractivity contribution in [3.8, 4) is 0 Å². The molecule has 2 rings (SSSR count). The Kier molecular flexibility index (Phi) is 3.83. The molecule has 0 saturated carbocycles. The van der Waals surface area contributed by atoms with E-state index in [2.05, 4.69) is 15.2 Å². The molecule has 0 bridgehead atoms. The van der Waals surface area contributed by atoms with Gasteiger partial charge in [0.2, 0.25) is 5.16 Å². The van der Waals surface area contributed by atoms with E-state index in [-0.39, 0.29) is 5.69 Å². The fourth-order valence-electron chi connectivity index (χ4n) is 1.32. The van der Waals surface area contributed by atoms with Crippen molar-refractivity contribution in [2.45, 2.75) is 23.4 Å². The first-order valence-electron chi connectivity index (χ1n) is 5.14. The largest absolute Gasteiger partial charge is 0.284 e. The Hall–Kier alpha value is -1.60. The molecule has 1 heterocycles. The Balaban J connectivity index is 2.36. The van der Waals surface area contributed by atoms with Gasteiger partial charge in [-0.2, -0.15) is 0 Å². The molecule has 1 N–H and O–H groups in total. The van der Waals surface area contributed by atoms with Gasteiger partial charge in [0.15, 0.2) is 0 Å². The van der Waals surface area contributed by atoms with E-state index in [1.165, 1.54) is 6.07 Å². The van der Waals surface area contributed by atoms with Crippen LogP contribution in [0.3, 0.4) is 0 Å². The maximum Gasteiger partial charge on any atom is 0.284 e. The normalized spacial score (nSPS) is 10.6. The quantitative estimate of drug-likeness (QED) is 0.689. The van der Waals surface area contributed by atoms with Gasteiger partial charge < -0.3 is 0 Å². The number of aromatic amines is 1. The van der Waals surface area contributed by atoms with E-state index in [4.69, 9.17) is 11.6 Å². The van der Waals surface area contributed by atoms with E-state index in [1.807, 2.05) is 6.92 Å². The Morgan fingerprint density at radius 1 is 1.56 bits per heavy atom. The fourth-order valence-corrected chi connectivity index (χ4v) is 2.44. The second-order valence-electron chi connectivity index (χ2n) is 3.37. The van der Waals surface area contributed by atoms with Crippen LogP contribution in [-0.2, 0) is 6.42 Å². The van der Waals surface area contributed by atoms with Crippen LogP contribution in [0.15, 0.2) is 28.3 Å². The molecular formula is C10H9ClN4O2S. The number of hydrogen-bond acceptors (Lipinski definition) is 5. The third-order valence-corrected chi connectivity index (χ3v) is 3.61. The Labute approximate surface area is 112 Å². The van der Waals surface area contributed by atoms with E-state index in [1.54, 1.807) is 12.1 Å². The number of nitrogens with one attached hydrogen (secondary N) is 1. The van der Waals surface area contributed by atoms with Crippen molar-refractivity contribution in [2.75, 3.05) is 0 Å². The number of halogens is 1. The first kappa shape index (κ1) is 12.8. The SMILES string of the molecule is CCc1nc(Sc2c(Cl)cccc2[N+](=O)[O-])n[nH]1. The van der Waals surface area contributed by atoms with Crippen molar-refractivity contribution < 1.29 is 4.92 Å². The van der Waals surface area contributed by atoms with Crippen molar-refractivity contribution in [1.82, 2.24) is 15.2 Å². The van der Waals surface area contributed by atoms with Crippen molar-refractivity contribution in [3.05, 3.63) is 39.2 Å². The molecule has 0 atom stereocenters. The van der Waals surface area contributed by atoms with E-state index >= 15 is 0 Å². The zero-order chi connectivity index (χ0) is 13.1. The fraction of sp³-hybridized carbons (Fsp3) is 0.200. The average Bonchev–Trinajstić information content (AvgIpc) is 2.79. The lowest BCUT2D eigenvalue weighted by Crippen LogP contribution is -1.91. The van der Waals surface area contributed by atoms with Gasteiger partial charge in [0, 0.05) is 12.5 Å². The lowest BCUT2D eigenvalue weighted by atomic mass is 10.3. The highest BCUT2D eigenvalue weighted by atomic mass is 35.5. The third-order valence-electron chi connectivity index (χ3n) is 2.18. The van der Waals surface area contributed by atoms with E-state index in [9.17, 15) is 10.1 Å². The highest BCUT2D eigenvalue weighted by molar-refractivity contribution is 7.99. The van der Waals surface area contributed by atoms with Crippen LogP contribution in [0.5, 0.6) is 0 Å². The molecule has 0 aliphatic carbocycles. The molecular weight excluding hydrogens is 276 g/mol. The molecule has 8 heteroatoms. The van der Waals surface area contributed by atoms with Crippen molar-refractivity contribution in [1.29, 1.82) is 0 Å². The zero-order valence-corrected chi connectivity index (χ0v) is 11.0. The van der Waals surface area contributed by atoms with Gasteiger partial charge in [0.05, 0.1) is 9.95 Å². The molecule has 1 aromatic heterocycles. The van der Waals surface area contributed by atoms with Gasteiger partial charge >= 0.3 is 0 Å². The Morgan fingerprint density at radius 2 is 2.33 bits per heavy atom. The lowest BCUT2D eigenvalue weighted by Gasteiger charge is -2.01. The van der Waals surface area contributed by atoms with Gasteiger partial charge in [-0.25, -0.2) is 4.98 Å². The van der Waals surface area contributed by atoms with Gasteiger partial charge in [-0.05, 0) is 17.8 Å². The summed E-state index contributed by atoms with van der Waals surface area (Å²) in [5.74, 6) is 0.729. The zero-order valence-electron chi connectivity index (χ0n) is 9.38. The highest BCUT2D eigenvalue weighted by Crippen LogP contribution is 2.38. The van der Waals surface area contributed by atoms with Crippen molar-refractivity contribution in [3.63, 3.8) is 0 Å². The summed E-state index contributed by atoms with van der Waals surface area (Å²) in [6.45, 7) is 1.94. The number of nitrogens with zero attached hydrogens (tertiary/aromatic N) is 3. The summed E-state index contributed by atoms with van der Waals surface area (Å²) in [6, 6.07) is 4.55. The first-order valence-corrected chi connectivity index (χ1v) is 6.33. The summed E-state index contributed by atoms with van der Waals surface area (Å²) in [5.41, 5.74) is -0.0460. The van der Waals surface area contributed by atoms with Gasteiger partial charge in [0.25, 0.3) is 5.69 Å². The van der Waals surface area contributed by atoms with Crippen molar-refractivity contribution >= 4 is 29.1 Å². The predicted octanol–water partition coefficient (Wildman–Crippen LogP) is 3.08. The van der Waals surface area contributed by atoms with E-state index in [0.29, 0.717) is 15.1 Å². The number of rotatable bonds is 4. The predicted molar refractivity (Wildman–Crippen MR) is 68.0 cm³/mol. The van der Waals surface area contributed by atoms with Crippen LogP contribution in [0.1, 0.15) is 12.7 Å². The molecule has 0 fully saturated rings. The molecule has 6 nitrogen and oxygen atoms in total. The number of nitro groups is 1. The number of hydrogen-bond donors (Lipinski definition) is 1. The summed E-state index contributed by atoms with van der Waals surface area (Å²) in [7, 11) is 0. The number of benzene rings is 1. The Morgan fingerprint density at radius 3 is 2.94 bits per heavy atom. The third kappa shape index (κ3) is 2.62. The first-order chi connectivity index (χ1) is 8.61. The molecule has 0 saturated heterocycles. The summed E-state index contributed by atoms with van der Waals surface area (Å²) >= 11 is 7.05. The number of H-pyrrole nitrogens is 1. The van der Waals surface area contributed by atoms with Crippen molar-refractivity contribution in [2.24, 2.45) is 0 Å². The molecule has 0 unspecified atom stereocenters. The summed E-state index contributed by atoms with van der Waals surface area (Å²) in [4.78, 5) is 15.0. The van der Waals surface area contributed by atoms with Crippen LogP contribution in [0.4, 0.5) is 5.69 Å². The van der Waals surface area contributed by atoms with Crippen LogP contribution in [0.2, 0.25) is 5.02 Å². The van der Waals surface area contributed by atoms with Crippen LogP contribution in [0, 0.1) is 10.1 Å². The Bertz CT molecular complexity index is 587. The van der Waals surface area contributed by atoms with Crippen LogP contribution >= 0.6 is 23.4 Å². The van der Waals surface area contributed by atoms with Gasteiger partial charge in [-0.3, -0.25) is 15.2 Å². The summed E-state index contributed by atoms with van der Waals surface area (Å²) < 4.78 is 0. The summed E-state index contributed by atoms with van der Waals surface area (Å²) in [6.07, 6.45) is 0.720. The molecule has 94 valence electrons. The molecule has 0 spiro atoms. The number of aromatic nitrogens is 3. The van der Waals surface area contributed by atoms with Crippen LogP contribution in [-0.4, -0.2) is 20.1 Å². The second-order valence-corrected chi connectivity index (χ2v) is 4.75. The second kappa shape index (κ2) is 5.36. The monoisotopic (exact) mass is 284 g/mol. The van der Waals surface area contributed by atoms with Crippen LogP contribution < -0.4 is 0 Å². The molecule has 0 amide bonds. The topological polar surface area (TPSA) is 84.7 Å². The van der Waals surface area contributed by atoms with Gasteiger partial charge in [0.1, 0.15) is 10.7 Å². The van der Waals surface area contributed by atoms with Crippen LogP contribution in [0.25, 0.3) is 0 Å². The van der Waals surface area contributed by atoms with Gasteiger partial charge in [-0.1, -0.05) is 24.6 Å². The molecule has 2 aromatic rings. The minimum atomic E-state index is -0.471. The summed E-state index contributed by atoms with van der Waals surface area (Å²) in [5, 5.41) is 18.4. The van der Waals surface area contributed by atoms with E-state index in [0.717, 1.165) is 24.0 Å². The standard InChI is InChI=1S/C10H9ClN4O2S/c1-2-8-12-10(14-13-8)18-9-6(11)4-3-5-7(9)15(16)17/h3-5H,2H2,1H3,(H,12,13,14). The molecule has 0 aliphatic rings. The van der Waals surface area contributed by atoms with E-state index < -0.39 is 4.92 Å². The maximum atomic E-state index is 10.9. The maximum absolute atomic E-state index is 10.9. The molecule has 0 radical (unpaired) electrons. The van der Waals surface area contributed by atoms with Gasteiger partial charge in [-0.15, -0.1) is 5.10 Å². The highest BCUT2D eigenvalue weighted by Gasteiger charge is 2.19.